The molecule has 0 spiro atoms. The maximum atomic E-state index is 13.5. The molecule has 2 N–H and O–H groups in total. The summed E-state index contributed by atoms with van der Waals surface area (Å²) in [5.74, 6) is -1.05. The van der Waals surface area contributed by atoms with Crippen molar-refractivity contribution in [2.24, 2.45) is 0 Å². The van der Waals surface area contributed by atoms with Gasteiger partial charge in [0.15, 0.2) is 0 Å². The van der Waals surface area contributed by atoms with Crippen LogP contribution >= 0.6 is 0 Å². The van der Waals surface area contributed by atoms with Crippen LogP contribution in [0, 0.1) is 0 Å². The molecule has 2 heterocycles. The number of amides is 2. The summed E-state index contributed by atoms with van der Waals surface area (Å²) in [7, 11) is 1.43. The van der Waals surface area contributed by atoms with Gasteiger partial charge in [0.05, 0.1) is 6.10 Å². The molecule has 5 atom stereocenters. The van der Waals surface area contributed by atoms with Crippen molar-refractivity contribution < 1.29 is 33.3 Å². The van der Waals surface area contributed by atoms with Crippen LogP contribution < -0.4 is 5.32 Å². The molecule has 0 radical (unpaired) electrons. The highest BCUT2D eigenvalue weighted by atomic mass is 16.7. The molecule has 36 heavy (non-hydrogen) atoms. The molecule has 0 aromatic carbocycles. The lowest BCUT2D eigenvalue weighted by Crippen LogP contribution is -2.50. The van der Waals surface area contributed by atoms with Crippen LogP contribution in [0.15, 0.2) is 12.3 Å². The van der Waals surface area contributed by atoms with Crippen molar-refractivity contribution in [1.29, 1.82) is 0 Å². The number of ether oxygens (including phenoxy) is 4. The minimum atomic E-state index is -0.948. The molecule has 2 rings (SSSR count). The number of carbonyl (C=O) groups is 3. The molecule has 1 aliphatic rings. The zero-order valence-corrected chi connectivity index (χ0v) is 22.9. The Bertz CT molecular complexity index is 876. The van der Waals surface area contributed by atoms with Gasteiger partial charge in [0, 0.05) is 37.9 Å². The van der Waals surface area contributed by atoms with Crippen molar-refractivity contribution >= 4 is 18.0 Å². The highest BCUT2D eigenvalue weighted by Crippen LogP contribution is 2.41. The van der Waals surface area contributed by atoms with E-state index in [9.17, 15) is 14.4 Å². The average molecular weight is 511 g/mol. The lowest BCUT2D eigenvalue weighted by atomic mass is 9.91. The van der Waals surface area contributed by atoms with Gasteiger partial charge < -0.3 is 24.3 Å². The molecule has 1 aromatic heterocycles. The average Bonchev–Trinajstić information content (AvgIpc) is 3.37. The summed E-state index contributed by atoms with van der Waals surface area (Å²) in [5, 5.41) is 9.67. The topological polar surface area (TPSA) is 132 Å². The fraction of sp³-hybridized carbons (Fsp3) is 0.760. The molecule has 11 heteroatoms. The highest BCUT2D eigenvalue weighted by molar-refractivity contribution is 5.83. The maximum Gasteiger partial charge on any atom is 0.411 e. The Morgan fingerprint density at radius 3 is 2.28 bits per heavy atom. The molecule has 2 amide bonds. The van der Waals surface area contributed by atoms with Crippen LogP contribution in [0.1, 0.15) is 86.3 Å². The van der Waals surface area contributed by atoms with Gasteiger partial charge in [-0.2, -0.15) is 5.10 Å². The Kier molecular flexibility index (Phi) is 9.90. The molecule has 0 bridgehead atoms. The van der Waals surface area contributed by atoms with Gasteiger partial charge >= 0.3 is 12.1 Å². The number of nitrogens with zero attached hydrogens (tertiary/aromatic N) is 2. The first-order valence-electron chi connectivity index (χ1n) is 12.3. The molecule has 1 fully saturated rings. The Morgan fingerprint density at radius 1 is 1.17 bits per heavy atom. The van der Waals surface area contributed by atoms with Gasteiger partial charge in [-0.15, -0.1) is 0 Å². The Labute approximate surface area is 213 Å². The van der Waals surface area contributed by atoms with E-state index in [4.69, 9.17) is 18.9 Å². The Balaban J connectivity index is 2.45. The zero-order valence-electron chi connectivity index (χ0n) is 22.9. The van der Waals surface area contributed by atoms with E-state index in [0.717, 1.165) is 5.69 Å². The number of likely N-dealkylation sites (tertiary alicyclic amines) is 1. The van der Waals surface area contributed by atoms with E-state index >= 15 is 0 Å². The van der Waals surface area contributed by atoms with Gasteiger partial charge in [-0.25, -0.2) is 9.59 Å². The van der Waals surface area contributed by atoms with E-state index in [2.05, 4.69) is 15.5 Å². The van der Waals surface area contributed by atoms with Crippen LogP contribution in [0.3, 0.4) is 0 Å². The Morgan fingerprint density at radius 2 is 1.81 bits per heavy atom. The van der Waals surface area contributed by atoms with Crippen molar-refractivity contribution in [2.75, 3.05) is 7.11 Å². The van der Waals surface area contributed by atoms with Crippen molar-refractivity contribution in [3.8, 4) is 0 Å². The molecule has 0 saturated carbocycles. The molecule has 0 aliphatic carbocycles. The fourth-order valence-corrected chi connectivity index (χ4v) is 4.26. The summed E-state index contributed by atoms with van der Waals surface area (Å²) in [6.45, 7) is 14.0. The number of carbonyl (C=O) groups excluding carboxylic acids is 3. The van der Waals surface area contributed by atoms with Gasteiger partial charge in [-0.3, -0.25) is 14.8 Å². The van der Waals surface area contributed by atoms with Gasteiger partial charge in [0.2, 0.25) is 12.3 Å². The maximum absolute atomic E-state index is 13.5. The second-order valence-corrected chi connectivity index (χ2v) is 11.0. The van der Waals surface area contributed by atoms with Crippen LogP contribution in [0.4, 0.5) is 4.79 Å². The predicted molar refractivity (Wildman–Crippen MR) is 132 cm³/mol. The molecule has 1 saturated heterocycles. The van der Waals surface area contributed by atoms with E-state index in [1.807, 2.05) is 13.0 Å². The SMILES string of the molecule is CC[C@H](C[C@@H]1[C@H](c2ccn[nH]2)CC(C(=O)OC(C)(C)C)N1C(=O)OC(C)(C)C)OC(NC(C)=O)OC. The lowest BCUT2D eigenvalue weighted by Gasteiger charge is -2.35. The smallest absolute Gasteiger partial charge is 0.411 e. The monoisotopic (exact) mass is 510 g/mol. The molecule has 2 unspecified atom stereocenters. The zero-order chi connectivity index (χ0) is 27.3. The minimum absolute atomic E-state index is 0.253. The largest absolute Gasteiger partial charge is 0.458 e. The first-order valence-corrected chi connectivity index (χ1v) is 12.3. The lowest BCUT2D eigenvalue weighted by molar-refractivity contribution is -0.182. The third-order valence-corrected chi connectivity index (χ3v) is 5.65. The Hall–Kier alpha value is -2.66. The summed E-state index contributed by atoms with van der Waals surface area (Å²) in [5.41, 5.74) is -0.698. The standard InChI is InChI=1S/C25H42N4O7/c1-10-16(34-22(33-9)27-15(2)30)13-19-17(18-11-12-26-28-18)14-20(21(31)35-24(3,4)5)29(19)23(32)36-25(6,7)8/h11-12,16-17,19-20,22H,10,13-14H2,1-9H3,(H,26,28)(H,27,30)/t16-,17+,19-,20?,22?/m1/s1. The van der Waals surface area contributed by atoms with Crippen LogP contribution in [-0.4, -0.2) is 76.0 Å². The van der Waals surface area contributed by atoms with E-state index in [1.165, 1.54) is 18.9 Å². The summed E-state index contributed by atoms with van der Waals surface area (Å²) in [4.78, 5) is 39.8. The van der Waals surface area contributed by atoms with Gasteiger partial charge in [-0.05, 0) is 66.9 Å². The molecule has 1 aromatic rings. The normalized spacial score (nSPS) is 22.1. The van der Waals surface area contributed by atoms with Crippen molar-refractivity contribution in [3.05, 3.63) is 18.0 Å². The molecule has 204 valence electrons. The van der Waals surface area contributed by atoms with Crippen LogP contribution in [-0.2, 0) is 28.5 Å². The summed E-state index contributed by atoms with van der Waals surface area (Å²) >= 11 is 0. The van der Waals surface area contributed by atoms with Gasteiger partial charge in [0.1, 0.15) is 17.2 Å². The number of esters is 1. The highest BCUT2D eigenvalue weighted by Gasteiger charge is 2.51. The van der Waals surface area contributed by atoms with E-state index in [-0.39, 0.29) is 11.8 Å². The number of nitrogens with one attached hydrogen (secondary N) is 2. The van der Waals surface area contributed by atoms with Crippen molar-refractivity contribution in [1.82, 2.24) is 20.4 Å². The summed E-state index contributed by atoms with van der Waals surface area (Å²) < 4.78 is 22.7. The number of aromatic amines is 1. The predicted octanol–water partition coefficient (Wildman–Crippen LogP) is 3.46. The van der Waals surface area contributed by atoms with Crippen molar-refractivity contribution in [3.63, 3.8) is 0 Å². The van der Waals surface area contributed by atoms with E-state index in [1.54, 1.807) is 47.7 Å². The molecule has 1 aliphatic heterocycles. The van der Waals surface area contributed by atoms with Crippen LogP contribution in [0.5, 0.6) is 0 Å². The third kappa shape index (κ3) is 8.48. The number of rotatable bonds is 9. The first-order chi connectivity index (χ1) is 16.6. The minimum Gasteiger partial charge on any atom is -0.458 e. The third-order valence-electron chi connectivity index (χ3n) is 5.65. The van der Waals surface area contributed by atoms with Crippen LogP contribution in [0.2, 0.25) is 0 Å². The second kappa shape index (κ2) is 12.1. The molecular formula is C25H42N4O7. The molecular weight excluding hydrogens is 468 g/mol. The summed E-state index contributed by atoms with van der Waals surface area (Å²) in [6, 6.07) is 0.500. The molecule has 11 nitrogen and oxygen atoms in total. The van der Waals surface area contributed by atoms with Crippen LogP contribution in [0.25, 0.3) is 0 Å². The quantitative estimate of drug-likeness (QED) is 0.381. The number of hydrogen-bond acceptors (Lipinski definition) is 8. The van der Waals surface area contributed by atoms with E-state index in [0.29, 0.717) is 19.3 Å². The van der Waals surface area contributed by atoms with Gasteiger partial charge in [-0.1, -0.05) is 6.92 Å². The fourth-order valence-electron chi connectivity index (χ4n) is 4.26. The number of aromatic nitrogens is 2. The van der Waals surface area contributed by atoms with E-state index < -0.39 is 47.9 Å². The van der Waals surface area contributed by atoms with Gasteiger partial charge in [0.25, 0.3) is 0 Å². The van der Waals surface area contributed by atoms with Crippen molar-refractivity contribution in [2.45, 2.75) is 116 Å². The summed E-state index contributed by atoms with van der Waals surface area (Å²) in [6.07, 6.45) is 0.942. The second-order valence-electron chi connectivity index (χ2n) is 11.0. The number of methoxy groups -OCH3 is 1. The first kappa shape index (κ1) is 29.6. The number of hydrogen-bond donors (Lipinski definition) is 2. The number of H-pyrrole nitrogens is 1.